The molecule has 32 heavy (non-hydrogen) atoms. The standard InChI is InChI=1S/C24H27N3O5/c1-15(2)21(27-24(31)32-14-16-8-4-3-5-9-16)22(28)26-20(23(29)30)13-18-12-17-10-6-7-11-19(17)25-18/h3-12,15,20-21,25H,13-14H2,1-2H3,(H,26,28)(H,27,31)(H,29,30)/t20-,21-/m1/s1. The van der Waals surface area contributed by atoms with E-state index >= 15 is 0 Å². The molecule has 2 atom stereocenters. The van der Waals surface area contributed by atoms with E-state index in [0.29, 0.717) is 5.69 Å². The molecule has 3 rings (SSSR count). The molecule has 0 aliphatic carbocycles. The van der Waals surface area contributed by atoms with Gasteiger partial charge in [-0.3, -0.25) is 4.79 Å². The van der Waals surface area contributed by atoms with Crippen LogP contribution >= 0.6 is 0 Å². The molecular weight excluding hydrogens is 410 g/mol. The summed E-state index contributed by atoms with van der Waals surface area (Å²) in [5.41, 5.74) is 2.40. The Labute approximate surface area is 186 Å². The van der Waals surface area contributed by atoms with Crippen molar-refractivity contribution in [1.29, 1.82) is 0 Å². The number of carbonyl (C=O) groups is 3. The predicted octanol–water partition coefficient (Wildman–Crippen LogP) is 3.23. The number of hydrogen-bond donors (Lipinski definition) is 4. The third-order valence-electron chi connectivity index (χ3n) is 5.06. The Morgan fingerprint density at radius 2 is 1.69 bits per heavy atom. The summed E-state index contributed by atoms with van der Waals surface area (Å²) in [5.74, 6) is -2.02. The third kappa shape index (κ3) is 6.10. The molecule has 0 radical (unpaired) electrons. The van der Waals surface area contributed by atoms with Crippen LogP contribution in [0.5, 0.6) is 0 Å². The van der Waals surface area contributed by atoms with E-state index < -0.39 is 30.1 Å². The van der Waals surface area contributed by atoms with Crippen molar-refractivity contribution in [3.05, 3.63) is 71.9 Å². The van der Waals surface area contributed by atoms with Gasteiger partial charge < -0.3 is 25.5 Å². The van der Waals surface area contributed by atoms with Crippen LogP contribution in [-0.2, 0) is 27.4 Å². The number of fused-ring (bicyclic) bond motifs is 1. The number of aromatic nitrogens is 1. The summed E-state index contributed by atoms with van der Waals surface area (Å²) < 4.78 is 5.19. The molecule has 8 heteroatoms. The van der Waals surface area contributed by atoms with E-state index in [1.165, 1.54) is 0 Å². The van der Waals surface area contributed by atoms with Crippen LogP contribution < -0.4 is 10.6 Å². The lowest BCUT2D eigenvalue weighted by molar-refractivity contribution is -0.142. The maximum Gasteiger partial charge on any atom is 0.408 e. The number of H-pyrrole nitrogens is 1. The molecule has 0 aliphatic rings. The molecule has 0 aliphatic heterocycles. The van der Waals surface area contributed by atoms with E-state index in [1.807, 2.05) is 60.7 Å². The van der Waals surface area contributed by atoms with Gasteiger partial charge in [0.05, 0.1) is 0 Å². The fraction of sp³-hybridized carbons (Fsp3) is 0.292. The summed E-state index contributed by atoms with van der Waals surface area (Å²) in [6.07, 6.45) is -0.663. The number of hydrogen-bond acceptors (Lipinski definition) is 4. The number of nitrogens with one attached hydrogen (secondary N) is 3. The number of rotatable bonds is 9. The van der Waals surface area contributed by atoms with Crippen LogP contribution in [0.1, 0.15) is 25.1 Å². The first-order valence-electron chi connectivity index (χ1n) is 10.4. The average Bonchev–Trinajstić information content (AvgIpc) is 3.18. The summed E-state index contributed by atoms with van der Waals surface area (Å²) in [4.78, 5) is 40.0. The molecule has 2 aromatic carbocycles. The quantitative estimate of drug-likeness (QED) is 0.410. The van der Waals surface area contributed by atoms with Crippen LogP contribution in [0.25, 0.3) is 10.9 Å². The van der Waals surface area contributed by atoms with Gasteiger partial charge in [0.25, 0.3) is 0 Å². The Hall–Kier alpha value is -3.81. The highest BCUT2D eigenvalue weighted by molar-refractivity contribution is 5.89. The van der Waals surface area contributed by atoms with Crippen LogP contribution in [0.3, 0.4) is 0 Å². The predicted molar refractivity (Wildman–Crippen MR) is 120 cm³/mol. The minimum atomic E-state index is -1.16. The van der Waals surface area contributed by atoms with Gasteiger partial charge in [-0.2, -0.15) is 0 Å². The fourth-order valence-electron chi connectivity index (χ4n) is 3.35. The van der Waals surface area contributed by atoms with Gasteiger partial charge in [-0.05, 0) is 29.0 Å². The lowest BCUT2D eigenvalue weighted by Crippen LogP contribution is -2.54. The summed E-state index contributed by atoms with van der Waals surface area (Å²) >= 11 is 0. The average molecular weight is 437 g/mol. The van der Waals surface area contributed by atoms with Crippen molar-refractivity contribution in [1.82, 2.24) is 15.6 Å². The molecule has 0 spiro atoms. The number of aliphatic carboxylic acids is 1. The van der Waals surface area contributed by atoms with Crippen LogP contribution in [0.2, 0.25) is 0 Å². The molecule has 0 fully saturated rings. The van der Waals surface area contributed by atoms with E-state index in [9.17, 15) is 19.5 Å². The van der Waals surface area contributed by atoms with Crippen molar-refractivity contribution >= 4 is 28.9 Å². The topological polar surface area (TPSA) is 121 Å². The largest absolute Gasteiger partial charge is 0.480 e. The highest BCUT2D eigenvalue weighted by atomic mass is 16.5. The molecular formula is C24H27N3O5. The zero-order valence-corrected chi connectivity index (χ0v) is 18.0. The molecule has 1 heterocycles. The van der Waals surface area contributed by atoms with Crippen molar-refractivity contribution in [2.45, 2.75) is 39.0 Å². The van der Waals surface area contributed by atoms with Gasteiger partial charge >= 0.3 is 12.1 Å². The number of aromatic amines is 1. The number of carbonyl (C=O) groups excluding carboxylic acids is 2. The first-order valence-corrected chi connectivity index (χ1v) is 10.4. The van der Waals surface area contributed by atoms with Gasteiger partial charge in [0.1, 0.15) is 18.7 Å². The minimum absolute atomic E-state index is 0.0667. The van der Waals surface area contributed by atoms with E-state index in [-0.39, 0.29) is 18.9 Å². The van der Waals surface area contributed by atoms with Gasteiger partial charge in [0.15, 0.2) is 0 Å². The molecule has 168 valence electrons. The fourth-order valence-corrected chi connectivity index (χ4v) is 3.35. The minimum Gasteiger partial charge on any atom is -0.480 e. The molecule has 0 unspecified atom stereocenters. The smallest absolute Gasteiger partial charge is 0.408 e. The Bertz CT molecular complexity index is 1040. The molecule has 0 saturated heterocycles. The van der Waals surface area contributed by atoms with Gasteiger partial charge in [-0.15, -0.1) is 0 Å². The monoisotopic (exact) mass is 437 g/mol. The van der Waals surface area contributed by atoms with Gasteiger partial charge in [-0.1, -0.05) is 62.4 Å². The van der Waals surface area contributed by atoms with Crippen LogP contribution in [0.4, 0.5) is 4.79 Å². The highest BCUT2D eigenvalue weighted by Crippen LogP contribution is 2.16. The number of carboxylic acid groups (broad SMARTS) is 1. The SMILES string of the molecule is CC(C)[C@@H](NC(=O)OCc1ccccc1)C(=O)N[C@H](Cc1cc2ccccc2[nH]1)C(=O)O. The van der Waals surface area contributed by atoms with E-state index in [0.717, 1.165) is 16.5 Å². The van der Waals surface area contributed by atoms with Gasteiger partial charge in [0, 0.05) is 17.6 Å². The maximum atomic E-state index is 12.8. The maximum absolute atomic E-state index is 12.8. The Morgan fingerprint density at radius 1 is 1.00 bits per heavy atom. The van der Waals surface area contributed by atoms with Crippen LogP contribution in [0, 0.1) is 5.92 Å². The first kappa shape index (κ1) is 22.9. The Morgan fingerprint density at radius 3 is 2.34 bits per heavy atom. The second kappa shape index (κ2) is 10.5. The second-order valence-electron chi connectivity index (χ2n) is 7.91. The normalized spacial score (nSPS) is 12.8. The summed E-state index contributed by atoms with van der Waals surface area (Å²) in [6.45, 7) is 3.58. The van der Waals surface area contributed by atoms with E-state index in [4.69, 9.17) is 4.74 Å². The summed E-state index contributed by atoms with van der Waals surface area (Å²) in [7, 11) is 0. The lowest BCUT2D eigenvalue weighted by Gasteiger charge is -2.23. The van der Waals surface area contributed by atoms with Crippen LogP contribution in [0.15, 0.2) is 60.7 Å². The van der Waals surface area contributed by atoms with Gasteiger partial charge in [0.2, 0.25) is 5.91 Å². The molecule has 1 aromatic heterocycles. The zero-order valence-electron chi connectivity index (χ0n) is 18.0. The van der Waals surface area contributed by atoms with Crippen molar-refractivity contribution in [2.75, 3.05) is 0 Å². The molecule has 2 amide bonds. The molecule has 3 aromatic rings. The van der Waals surface area contributed by atoms with E-state index in [2.05, 4.69) is 15.6 Å². The van der Waals surface area contributed by atoms with Crippen molar-refractivity contribution in [3.8, 4) is 0 Å². The summed E-state index contributed by atoms with van der Waals surface area (Å²) in [6, 6.07) is 16.5. The number of para-hydroxylation sites is 1. The second-order valence-corrected chi connectivity index (χ2v) is 7.91. The number of amides is 2. The van der Waals surface area contributed by atoms with Crippen LogP contribution in [-0.4, -0.2) is 40.1 Å². The number of benzene rings is 2. The Kier molecular flexibility index (Phi) is 7.49. The zero-order chi connectivity index (χ0) is 23.1. The molecule has 0 saturated carbocycles. The van der Waals surface area contributed by atoms with Crippen molar-refractivity contribution in [2.24, 2.45) is 5.92 Å². The molecule has 0 bridgehead atoms. The number of carboxylic acids is 1. The molecule has 4 N–H and O–H groups in total. The van der Waals surface area contributed by atoms with Crippen molar-refractivity contribution < 1.29 is 24.2 Å². The number of ether oxygens (including phenoxy) is 1. The third-order valence-corrected chi connectivity index (χ3v) is 5.06. The number of alkyl carbamates (subject to hydrolysis) is 1. The van der Waals surface area contributed by atoms with E-state index in [1.54, 1.807) is 13.8 Å². The van der Waals surface area contributed by atoms with Gasteiger partial charge in [-0.25, -0.2) is 9.59 Å². The van der Waals surface area contributed by atoms with Crippen molar-refractivity contribution in [3.63, 3.8) is 0 Å². The first-order chi connectivity index (χ1) is 15.3. The Balaban J connectivity index is 1.61. The lowest BCUT2D eigenvalue weighted by atomic mass is 10.0. The molecule has 8 nitrogen and oxygen atoms in total. The summed E-state index contributed by atoms with van der Waals surface area (Å²) in [5, 5.41) is 15.7. The highest BCUT2D eigenvalue weighted by Gasteiger charge is 2.29.